The van der Waals surface area contributed by atoms with Gasteiger partial charge in [-0.3, -0.25) is 4.79 Å². The number of thiocarbonyl (C=S) groups is 1. The minimum atomic E-state index is -0.785. The van der Waals surface area contributed by atoms with Crippen LogP contribution in [0.3, 0.4) is 0 Å². The van der Waals surface area contributed by atoms with E-state index in [4.69, 9.17) is 18.0 Å². The Morgan fingerprint density at radius 3 is 2.43 bits per heavy atom. The summed E-state index contributed by atoms with van der Waals surface area (Å²) in [6.45, 7) is 0. The molecule has 2 rings (SSSR count). The van der Waals surface area contributed by atoms with Crippen molar-refractivity contribution in [2.24, 2.45) is 11.1 Å². The monoisotopic (exact) mass is 372 g/mol. The van der Waals surface area contributed by atoms with E-state index in [1.807, 2.05) is 0 Å². The number of anilines is 1. The fourth-order valence-electron chi connectivity index (χ4n) is 2.74. The number of carbonyl (C=O) groups is 1. The van der Waals surface area contributed by atoms with Crippen LogP contribution in [0.4, 0.5) is 10.1 Å². The number of rotatable bonds is 3. The fourth-order valence-corrected chi connectivity index (χ4v) is 3.42. The van der Waals surface area contributed by atoms with Gasteiger partial charge in [-0.15, -0.1) is 0 Å². The van der Waals surface area contributed by atoms with Gasteiger partial charge in [-0.25, -0.2) is 4.39 Å². The van der Waals surface area contributed by atoms with Gasteiger partial charge in [-0.1, -0.05) is 37.9 Å². The Morgan fingerprint density at radius 1 is 1.29 bits per heavy atom. The first-order chi connectivity index (χ1) is 9.95. The maximum Gasteiger partial charge on any atom is 0.237 e. The third-order valence-electron chi connectivity index (χ3n) is 4.04. The molecule has 0 atom stereocenters. The molecule has 1 aliphatic carbocycles. The number of carbonyl (C=O) groups excluding carboxylic acids is 1. The molecule has 1 aromatic carbocycles. The van der Waals surface area contributed by atoms with E-state index >= 15 is 0 Å². The molecule has 0 heterocycles. The number of nitrogens with two attached hydrogens (primary N) is 1. The van der Waals surface area contributed by atoms with Gasteiger partial charge in [0.2, 0.25) is 5.91 Å². The zero-order valence-corrected chi connectivity index (χ0v) is 14.0. The van der Waals surface area contributed by atoms with Crippen molar-refractivity contribution < 1.29 is 9.18 Å². The number of amides is 1. The maximum atomic E-state index is 13.2. The number of hydrogen-bond donors (Lipinski definition) is 2. The van der Waals surface area contributed by atoms with Crippen LogP contribution in [0.2, 0.25) is 0 Å². The molecule has 21 heavy (non-hydrogen) atoms. The van der Waals surface area contributed by atoms with Gasteiger partial charge in [0, 0.05) is 5.69 Å². The van der Waals surface area contributed by atoms with E-state index in [-0.39, 0.29) is 16.7 Å². The molecule has 1 fully saturated rings. The summed E-state index contributed by atoms with van der Waals surface area (Å²) < 4.78 is 13.6. The van der Waals surface area contributed by atoms with Crippen LogP contribution in [0, 0.1) is 11.2 Å². The van der Waals surface area contributed by atoms with Crippen molar-refractivity contribution in [2.75, 3.05) is 5.32 Å². The molecule has 3 nitrogen and oxygen atoms in total. The van der Waals surface area contributed by atoms with E-state index in [1.165, 1.54) is 18.2 Å². The summed E-state index contributed by atoms with van der Waals surface area (Å²) in [5.41, 5.74) is 5.63. The highest BCUT2D eigenvalue weighted by Crippen LogP contribution is 2.37. The van der Waals surface area contributed by atoms with Crippen molar-refractivity contribution in [2.45, 2.75) is 38.5 Å². The smallest absolute Gasteiger partial charge is 0.237 e. The molecule has 1 aromatic rings. The Labute approximate surface area is 137 Å². The molecule has 0 spiro atoms. The molecular formula is C15H18BrFN2OS. The van der Waals surface area contributed by atoms with E-state index in [0.29, 0.717) is 23.0 Å². The van der Waals surface area contributed by atoms with Crippen molar-refractivity contribution in [3.8, 4) is 0 Å². The lowest BCUT2D eigenvalue weighted by molar-refractivity contribution is -0.122. The van der Waals surface area contributed by atoms with E-state index in [0.717, 1.165) is 25.7 Å². The van der Waals surface area contributed by atoms with E-state index in [2.05, 4.69) is 21.2 Å². The minimum absolute atomic E-state index is 0.185. The van der Waals surface area contributed by atoms with Crippen LogP contribution in [0.1, 0.15) is 38.5 Å². The van der Waals surface area contributed by atoms with Gasteiger partial charge >= 0.3 is 0 Å². The van der Waals surface area contributed by atoms with Gasteiger partial charge in [-0.2, -0.15) is 0 Å². The average Bonchev–Trinajstić information content (AvgIpc) is 2.69. The topological polar surface area (TPSA) is 55.1 Å². The molecule has 0 aromatic heterocycles. The highest BCUT2D eigenvalue weighted by molar-refractivity contribution is 9.10. The summed E-state index contributed by atoms with van der Waals surface area (Å²) >= 11 is 8.28. The van der Waals surface area contributed by atoms with Crippen molar-refractivity contribution in [3.05, 3.63) is 28.5 Å². The molecule has 1 amide bonds. The second-order valence-electron chi connectivity index (χ2n) is 5.44. The van der Waals surface area contributed by atoms with Crippen LogP contribution in [0.25, 0.3) is 0 Å². The second kappa shape index (κ2) is 6.83. The van der Waals surface area contributed by atoms with Crippen molar-refractivity contribution >= 4 is 44.7 Å². The van der Waals surface area contributed by atoms with Crippen LogP contribution in [0.5, 0.6) is 0 Å². The van der Waals surface area contributed by atoms with Crippen LogP contribution in [-0.2, 0) is 4.79 Å². The quantitative estimate of drug-likeness (QED) is 0.618. The predicted molar refractivity (Wildman–Crippen MR) is 89.7 cm³/mol. The van der Waals surface area contributed by atoms with E-state index < -0.39 is 5.41 Å². The van der Waals surface area contributed by atoms with Crippen LogP contribution < -0.4 is 11.1 Å². The zero-order valence-electron chi connectivity index (χ0n) is 11.6. The molecule has 6 heteroatoms. The molecule has 3 N–H and O–H groups in total. The molecule has 114 valence electrons. The first-order valence-corrected chi connectivity index (χ1v) is 8.22. The first kappa shape index (κ1) is 16.4. The summed E-state index contributed by atoms with van der Waals surface area (Å²) in [5.74, 6) is -0.554. The largest absolute Gasteiger partial charge is 0.392 e. The zero-order chi connectivity index (χ0) is 15.5. The summed E-state index contributed by atoms with van der Waals surface area (Å²) in [7, 11) is 0. The predicted octanol–water partition coefficient (Wildman–Crippen LogP) is 4.15. The SMILES string of the molecule is NC(=S)C1(C(=O)Nc2ccc(F)c(Br)c2)CCCCCC1. The fraction of sp³-hybridized carbons (Fsp3) is 0.467. The summed E-state index contributed by atoms with van der Waals surface area (Å²) in [6, 6.07) is 4.37. The Balaban J connectivity index is 2.22. The molecule has 0 aliphatic heterocycles. The van der Waals surface area contributed by atoms with Crippen molar-refractivity contribution in [1.82, 2.24) is 0 Å². The molecule has 0 bridgehead atoms. The Bertz CT molecular complexity index is 557. The van der Waals surface area contributed by atoms with Gasteiger partial charge in [0.1, 0.15) is 5.82 Å². The molecule has 1 saturated carbocycles. The lowest BCUT2D eigenvalue weighted by atomic mass is 9.79. The first-order valence-electron chi connectivity index (χ1n) is 7.02. The van der Waals surface area contributed by atoms with E-state index in [1.54, 1.807) is 0 Å². The minimum Gasteiger partial charge on any atom is -0.392 e. The van der Waals surface area contributed by atoms with Gasteiger partial charge in [0.15, 0.2) is 0 Å². The van der Waals surface area contributed by atoms with Gasteiger partial charge in [0.05, 0.1) is 14.9 Å². The van der Waals surface area contributed by atoms with Gasteiger partial charge in [0.25, 0.3) is 0 Å². The second-order valence-corrected chi connectivity index (χ2v) is 6.74. The van der Waals surface area contributed by atoms with E-state index in [9.17, 15) is 9.18 Å². The Kier molecular flexibility index (Phi) is 5.32. The molecule has 0 saturated heterocycles. The number of halogens is 2. The molecule has 0 radical (unpaired) electrons. The van der Waals surface area contributed by atoms with Gasteiger partial charge < -0.3 is 11.1 Å². The Hall–Kier alpha value is -1.01. The third-order valence-corrected chi connectivity index (χ3v) is 5.04. The number of nitrogens with one attached hydrogen (secondary N) is 1. The molecular weight excluding hydrogens is 355 g/mol. The lowest BCUT2D eigenvalue weighted by Crippen LogP contribution is -2.45. The van der Waals surface area contributed by atoms with Crippen LogP contribution in [0.15, 0.2) is 22.7 Å². The van der Waals surface area contributed by atoms with Crippen LogP contribution >= 0.6 is 28.1 Å². The normalized spacial score (nSPS) is 17.8. The number of benzene rings is 1. The summed E-state index contributed by atoms with van der Waals surface area (Å²) in [4.78, 5) is 12.9. The highest BCUT2D eigenvalue weighted by atomic mass is 79.9. The van der Waals surface area contributed by atoms with Crippen LogP contribution in [-0.4, -0.2) is 10.9 Å². The third kappa shape index (κ3) is 3.61. The Morgan fingerprint density at radius 2 is 1.90 bits per heavy atom. The summed E-state index contributed by atoms with van der Waals surface area (Å²) in [6.07, 6.45) is 5.43. The molecule has 1 aliphatic rings. The van der Waals surface area contributed by atoms with Crippen molar-refractivity contribution in [3.63, 3.8) is 0 Å². The summed E-state index contributed by atoms with van der Waals surface area (Å²) in [5, 5.41) is 2.83. The highest BCUT2D eigenvalue weighted by Gasteiger charge is 2.41. The number of hydrogen-bond acceptors (Lipinski definition) is 2. The standard InChI is InChI=1S/C15H18BrFN2OS/c16-11-9-10(5-6-12(11)17)19-14(20)15(13(18)21)7-3-1-2-4-8-15/h5-6,9H,1-4,7-8H2,(H2,18,21)(H,19,20). The lowest BCUT2D eigenvalue weighted by Gasteiger charge is -2.30. The average molecular weight is 373 g/mol. The van der Waals surface area contributed by atoms with Gasteiger partial charge in [-0.05, 0) is 47.0 Å². The van der Waals surface area contributed by atoms with Crippen molar-refractivity contribution in [1.29, 1.82) is 0 Å². The molecule has 0 unspecified atom stereocenters. The maximum absolute atomic E-state index is 13.2.